The molecule has 0 aliphatic heterocycles. The summed E-state index contributed by atoms with van der Waals surface area (Å²) >= 11 is 0. The van der Waals surface area contributed by atoms with Crippen molar-refractivity contribution in [2.45, 2.75) is 39.5 Å². The summed E-state index contributed by atoms with van der Waals surface area (Å²) in [5.41, 5.74) is 0. The van der Waals surface area contributed by atoms with E-state index < -0.39 is 0 Å². The van der Waals surface area contributed by atoms with Crippen LogP contribution in [-0.4, -0.2) is 11.6 Å². The number of Topliss-reactive ketones (excluding diaryl/α,β-unsaturated/α-hetero) is 2. The topological polar surface area (TPSA) is 34.1 Å². The van der Waals surface area contributed by atoms with E-state index in [4.69, 9.17) is 0 Å². The Kier molecular flexibility index (Phi) is 3.01. The normalized spacial score (nSPS) is 30.3. The summed E-state index contributed by atoms with van der Waals surface area (Å²) in [5.74, 6) is 1.07. The van der Waals surface area contributed by atoms with Gasteiger partial charge in [-0.05, 0) is 19.3 Å². The number of hydrogen-bond acceptors (Lipinski definition) is 2. The first-order valence-corrected chi connectivity index (χ1v) is 4.67. The number of carbonyl (C=O) groups is 2. The first kappa shape index (κ1) is 9.43. The van der Waals surface area contributed by atoms with E-state index in [2.05, 4.69) is 6.92 Å². The van der Waals surface area contributed by atoms with Gasteiger partial charge in [-0.1, -0.05) is 13.3 Å². The Balaban J connectivity index is 2.62. The van der Waals surface area contributed by atoms with Crippen molar-refractivity contribution in [3.63, 3.8) is 0 Å². The van der Waals surface area contributed by atoms with Crippen LogP contribution in [0.4, 0.5) is 0 Å². The second kappa shape index (κ2) is 3.83. The maximum absolute atomic E-state index is 11.2. The molecule has 1 aliphatic rings. The molecule has 0 heterocycles. The van der Waals surface area contributed by atoms with Crippen molar-refractivity contribution >= 4 is 11.6 Å². The molecule has 0 radical (unpaired) electrons. The van der Waals surface area contributed by atoms with Crippen molar-refractivity contribution in [3.05, 3.63) is 0 Å². The molecule has 0 aromatic carbocycles. The van der Waals surface area contributed by atoms with Crippen LogP contribution in [0, 0.1) is 11.8 Å². The maximum atomic E-state index is 11.2. The van der Waals surface area contributed by atoms with Crippen molar-refractivity contribution in [1.82, 2.24) is 0 Å². The van der Waals surface area contributed by atoms with E-state index in [9.17, 15) is 9.59 Å². The molecule has 0 amide bonds. The molecule has 1 saturated carbocycles. The predicted octanol–water partition coefficient (Wildman–Crippen LogP) is 1.97. The molecule has 0 unspecified atom stereocenters. The quantitative estimate of drug-likeness (QED) is 0.631. The molecule has 0 spiro atoms. The van der Waals surface area contributed by atoms with Crippen molar-refractivity contribution in [2.24, 2.45) is 11.8 Å². The van der Waals surface area contributed by atoms with E-state index >= 15 is 0 Å². The predicted molar refractivity (Wildman–Crippen MR) is 46.8 cm³/mol. The largest absolute Gasteiger partial charge is 0.300 e. The molecule has 1 rings (SSSR count). The minimum Gasteiger partial charge on any atom is -0.300 e. The number of hydrogen-bond donors (Lipinski definition) is 0. The van der Waals surface area contributed by atoms with Crippen LogP contribution < -0.4 is 0 Å². The Hall–Kier alpha value is -0.660. The van der Waals surface area contributed by atoms with Crippen LogP contribution in [0.25, 0.3) is 0 Å². The molecule has 0 N–H and O–H groups in total. The highest BCUT2D eigenvalue weighted by atomic mass is 16.1. The minimum absolute atomic E-state index is 0.160. The summed E-state index contributed by atoms with van der Waals surface area (Å²) in [6.07, 6.45) is 2.98. The molecule has 1 aliphatic carbocycles. The molecule has 2 nitrogen and oxygen atoms in total. The molecule has 0 aromatic rings. The Morgan fingerprint density at radius 2 is 2.25 bits per heavy atom. The standard InChI is InChI=1S/C10H16O2/c1-3-8-6-9(12)4-5-10(8)7(2)11/h8,10H,3-6H2,1-2H3/t8-,10+/m1/s1. The Morgan fingerprint density at radius 1 is 1.58 bits per heavy atom. The lowest BCUT2D eigenvalue weighted by molar-refractivity contribution is -0.128. The molecule has 1 fully saturated rings. The zero-order valence-corrected chi connectivity index (χ0v) is 7.80. The monoisotopic (exact) mass is 168 g/mol. The van der Waals surface area contributed by atoms with Crippen molar-refractivity contribution < 1.29 is 9.59 Å². The summed E-state index contributed by atoms with van der Waals surface area (Å²) in [6, 6.07) is 0. The molecular weight excluding hydrogens is 152 g/mol. The molecule has 0 saturated heterocycles. The average molecular weight is 168 g/mol. The molecule has 0 aromatic heterocycles. The van der Waals surface area contributed by atoms with Crippen molar-refractivity contribution in [1.29, 1.82) is 0 Å². The Bertz CT molecular complexity index is 196. The third-order valence-electron chi connectivity index (χ3n) is 2.84. The van der Waals surface area contributed by atoms with Gasteiger partial charge in [0.1, 0.15) is 11.6 Å². The number of rotatable bonds is 2. The SMILES string of the molecule is CC[C@@H]1CC(=O)CC[C@H]1C(C)=O. The number of ketones is 2. The van der Waals surface area contributed by atoms with Gasteiger partial charge in [-0.15, -0.1) is 0 Å². The summed E-state index contributed by atoms with van der Waals surface area (Å²) in [6.45, 7) is 3.70. The molecule has 0 bridgehead atoms. The fourth-order valence-electron chi connectivity index (χ4n) is 2.05. The summed E-state index contributed by atoms with van der Waals surface area (Å²) in [7, 11) is 0. The minimum atomic E-state index is 0.160. The van der Waals surface area contributed by atoms with Crippen LogP contribution in [-0.2, 0) is 9.59 Å². The zero-order valence-electron chi connectivity index (χ0n) is 7.80. The van der Waals surface area contributed by atoms with Crippen molar-refractivity contribution in [3.8, 4) is 0 Å². The third-order valence-corrected chi connectivity index (χ3v) is 2.84. The van der Waals surface area contributed by atoms with Gasteiger partial charge >= 0.3 is 0 Å². The highest BCUT2D eigenvalue weighted by Crippen LogP contribution is 2.30. The lowest BCUT2D eigenvalue weighted by Crippen LogP contribution is -2.29. The van der Waals surface area contributed by atoms with E-state index in [1.165, 1.54) is 0 Å². The lowest BCUT2D eigenvalue weighted by Gasteiger charge is -2.27. The van der Waals surface area contributed by atoms with E-state index in [1.807, 2.05) is 0 Å². The van der Waals surface area contributed by atoms with Crippen LogP contribution in [0.2, 0.25) is 0 Å². The fraction of sp³-hybridized carbons (Fsp3) is 0.800. The van der Waals surface area contributed by atoms with E-state index in [1.54, 1.807) is 6.92 Å². The van der Waals surface area contributed by atoms with Crippen molar-refractivity contribution in [2.75, 3.05) is 0 Å². The van der Waals surface area contributed by atoms with Crippen LogP contribution in [0.1, 0.15) is 39.5 Å². The van der Waals surface area contributed by atoms with Gasteiger partial charge in [0.2, 0.25) is 0 Å². The second-order valence-corrected chi connectivity index (χ2v) is 3.67. The van der Waals surface area contributed by atoms with Gasteiger partial charge in [0, 0.05) is 18.8 Å². The van der Waals surface area contributed by atoms with Crippen LogP contribution >= 0.6 is 0 Å². The van der Waals surface area contributed by atoms with Gasteiger partial charge < -0.3 is 0 Å². The van der Waals surface area contributed by atoms with Crippen LogP contribution in [0.3, 0.4) is 0 Å². The maximum Gasteiger partial charge on any atom is 0.133 e. The highest BCUT2D eigenvalue weighted by molar-refractivity contribution is 5.85. The molecule has 68 valence electrons. The van der Waals surface area contributed by atoms with Gasteiger partial charge in [-0.2, -0.15) is 0 Å². The van der Waals surface area contributed by atoms with Gasteiger partial charge in [-0.25, -0.2) is 0 Å². The van der Waals surface area contributed by atoms with E-state index in [-0.39, 0.29) is 11.7 Å². The second-order valence-electron chi connectivity index (χ2n) is 3.67. The third kappa shape index (κ3) is 1.93. The first-order valence-electron chi connectivity index (χ1n) is 4.67. The smallest absolute Gasteiger partial charge is 0.133 e. The first-order chi connectivity index (χ1) is 5.65. The number of carbonyl (C=O) groups excluding carboxylic acids is 2. The van der Waals surface area contributed by atoms with Crippen LogP contribution in [0.15, 0.2) is 0 Å². The molecule has 12 heavy (non-hydrogen) atoms. The van der Waals surface area contributed by atoms with Crippen LogP contribution in [0.5, 0.6) is 0 Å². The molecule has 2 heteroatoms. The summed E-state index contributed by atoms with van der Waals surface area (Å²) < 4.78 is 0. The molecular formula is C10H16O2. The summed E-state index contributed by atoms with van der Waals surface area (Å²) in [4.78, 5) is 22.3. The highest BCUT2D eigenvalue weighted by Gasteiger charge is 2.30. The lowest BCUT2D eigenvalue weighted by atomic mass is 9.75. The zero-order chi connectivity index (χ0) is 9.14. The summed E-state index contributed by atoms with van der Waals surface area (Å²) in [5, 5.41) is 0. The Labute approximate surface area is 73.3 Å². The van der Waals surface area contributed by atoms with Gasteiger partial charge in [0.15, 0.2) is 0 Å². The fourth-order valence-corrected chi connectivity index (χ4v) is 2.05. The van der Waals surface area contributed by atoms with Gasteiger partial charge in [0.05, 0.1) is 0 Å². The molecule has 2 atom stereocenters. The van der Waals surface area contributed by atoms with E-state index in [0.29, 0.717) is 24.5 Å². The average Bonchev–Trinajstić information content (AvgIpc) is 2.03. The van der Waals surface area contributed by atoms with Gasteiger partial charge in [-0.3, -0.25) is 9.59 Å². The Morgan fingerprint density at radius 3 is 2.75 bits per heavy atom. The van der Waals surface area contributed by atoms with E-state index in [0.717, 1.165) is 12.8 Å². The van der Waals surface area contributed by atoms with Gasteiger partial charge in [0.25, 0.3) is 0 Å².